The maximum Gasteiger partial charge on any atom is 0.264 e. The molecule has 6 nitrogen and oxygen atoms in total. The Hall–Kier alpha value is -3.39. The van der Waals surface area contributed by atoms with Crippen LogP contribution in [-0.2, 0) is 14.8 Å². The fraction of sp³-hybridized carbons (Fsp3) is 0.174. The Morgan fingerprint density at radius 2 is 1.74 bits per heavy atom. The van der Waals surface area contributed by atoms with Crippen molar-refractivity contribution < 1.29 is 22.3 Å². The van der Waals surface area contributed by atoms with E-state index >= 15 is 0 Å². The van der Waals surface area contributed by atoms with Crippen LogP contribution in [0.5, 0.6) is 5.75 Å². The molecule has 3 rings (SSSR count). The van der Waals surface area contributed by atoms with Crippen LogP contribution in [0.2, 0.25) is 0 Å². The normalized spacial score (nSPS) is 11.1. The van der Waals surface area contributed by atoms with Crippen LogP contribution in [-0.4, -0.2) is 27.5 Å². The monoisotopic (exact) mass is 442 g/mol. The fourth-order valence-electron chi connectivity index (χ4n) is 2.95. The number of hydrogen-bond acceptors (Lipinski definition) is 4. The highest BCUT2D eigenvalue weighted by Crippen LogP contribution is 2.26. The summed E-state index contributed by atoms with van der Waals surface area (Å²) in [7, 11) is -4.19. The lowest BCUT2D eigenvalue weighted by atomic mass is 10.2. The first-order valence-corrected chi connectivity index (χ1v) is 11.1. The van der Waals surface area contributed by atoms with Crippen LogP contribution in [0.3, 0.4) is 0 Å². The molecule has 0 radical (unpaired) electrons. The average molecular weight is 443 g/mol. The molecule has 162 valence electrons. The third-order valence-corrected chi connectivity index (χ3v) is 6.22. The quantitative estimate of drug-likeness (QED) is 0.562. The Kier molecular flexibility index (Phi) is 6.91. The van der Waals surface area contributed by atoms with Crippen LogP contribution < -0.4 is 14.4 Å². The summed E-state index contributed by atoms with van der Waals surface area (Å²) < 4.78 is 47.3. The van der Waals surface area contributed by atoms with Gasteiger partial charge in [-0.15, -0.1) is 0 Å². The second-order valence-electron chi connectivity index (χ2n) is 6.79. The van der Waals surface area contributed by atoms with Gasteiger partial charge >= 0.3 is 0 Å². The van der Waals surface area contributed by atoms with Crippen molar-refractivity contribution in [1.29, 1.82) is 0 Å². The van der Waals surface area contributed by atoms with Crippen molar-refractivity contribution in [2.24, 2.45) is 0 Å². The highest BCUT2D eigenvalue weighted by Gasteiger charge is 2.29. The van der Waals surface area contributed by atoms with E-state index < -0.39 is 28.3 Å². The molecule has 31 heavy (non-hydrogen) atoms. The number of nitrogens with zero attached hydrogens (tertiary/aromatic N) is 1. The summed E-state index contributed by atoms with van der Waals surface area (Å²) >= 11 is 0. The molecule has 0 aliphatic carbocycles. The van der Waals surface area contributed by atoms with Gasteiger partial charge in [0.1, 0.15) is 18.1 Å². The zero-order valence-corrected chi connectivity index (χ0v) is 18.0. The van der Waals surface area contributed by atoms with Crippen LogP contribution in [0.4, 0.5) is 15.8 Å². The van der Waals surface area contributed by atoms with E-state index in [4.69, 9.17) is 4.74 Å². The van der Waals surface area contributed by atoms with Crippen LogP contribution in [0.15, 0.2) is 77.7 Å². The molecule has 0 aromatic heterocycles. The van der Waals surface area contributed by atoms with Crippen LogP contribution in [0.25, 0.3) is 0 Å². The van der Waals surface area contributed by atoms with Gasteiger partial charge in [-0.05, 0) is 50.2 Å². The minimum atomic E-state index is -4.19. The Morgan fingerprint density at radius 1 is 1.03 bits per heavy atom. The highest BCUT2D eigenvalue weighted by molar-refractivity contribution is 7.92. The zero-order valence-electron chi connectivity index (χ0n) is 17.2. The van der Waals surface area contributed by atoms with E-state index in [1.165, 1.54) is 30.3 Å². The van der Waals surface area contributed by atoms with Crippen LogP contribution in [0.1, 0.15) is 12.5 Å². The number of carbonyl (C=O) groups is 1. The van der Waals surface area contributed by atoms with E-state index in [0.29, 0.717) is 18.0 Å². The first-order valence-electron chi connectivity index (χ1n) is 9.68. The van der Waals surface area contributed by atoms with E-state index in [2.05, 4.69) is 5.32 Å². The maximum atomic E-state index is 14.5. The van der Waals surface area contributed by atoms with Gasteiger partial charge in [0.15, 0.2) is 0 Å². The number of benzene rings is 3. The summed E-state index contributed by atoms with van der Waals surface area (Å²) in [5, 5.41) is 2.65. The van der Waals surface area contributed by atoms with Crippen LogP contribution in [0, 0.1) is 12.7 Å². The molecular formula is C23H23FN2O4S. The number of para-hydroxylation sites is 1. The van der Waals surface area contributed by atoms with Crippen molar-refractivity contribution in [3.63, 3.8) is 0 Å². The Morgan fingerprint density at radius 3 is 2.42 bits per heavy atom. The van der Waals surface area contributed by atoms with Gasteiger partial charge in [0.05, 0.1) is 17.2 Å². The largest absolute Gasteiger partial charge is 0.494 e. The topological polar surface area (TPSA) is 75.7 Å². The lowest BCUT2D eigenvalue weighted by Gasteiger charge is -2.24. The number of anilines is 2. The van der Waals surface area contributed by atoms with Gasteiger partial charge < -0.3 is 10.1 Å². The molecule has 0 atom stereocenters. The standard InChI is InChI=1S/C23H23FN2O4S/c1-3-30-19-8-6-7-18(15-19)25-23(27)16-26(22-10-5-4-9-21(22)24)31(28,29)20-13-11-17(2)12-14-20/h4-15H,3,16H2,1-2H3,(H,25,27). The SMILES string of the molecule is CCOc1cccc(NC(=O)CN(c2ccccc2F)S(=O)(=O)c2ccc(C)cc2)c1. The molecule has 0 heterocycles. The number of sulfonamides is 1. The average Bonchev–Trinajstić information content (AvgIpc) is 2.73. The summed E-state index contributed by atoms with van der Waals surface area (Å²) in [6, 6.07) is 18.3. The lowest BCUT2D eigenvalue weighted by Crippen LogP contribution is -2.38. The number of carbonyl (C=O) groups excluding carboxylic acids is 1. The number of aryl methyl sites for hydroxylation is 1. The van der Waals surface area contributed by atoms with Crippen molar-refractivity contribution >= 4 is 27.3 Å². The number of amides is 1. The van der Waals surface area contributed by atoms with Gasteiger partial charge in [0.25, 0.3) is 10.0 Å². The van der Waals surface area contributed by atoms with Gasteiger partial charge in [-0.25, -0.2) is 12.8 Å². The molecule has 0 aliphatic heterocycles. The summed E-state index contributed by atoms with van der Waals surface area (Å²) in [6.07, 6.45) is 0. The molecule has 0 aliphatic rings. The second-order valence-corrected chi connectivity index (χ2v) is 8.65. The number of ether oxygens (including phenoxy) is 1. The lowest BCUT2D eigenvalue weighted by molar-refractivity contribution is -0.114. The summed E-state index contributed by atoms with van der Waals surface area (Å²) in [5.74, 6) is -0.796. The third-order valence-electron chi connectivity index (χ3n) is 4.45. The van der Waals surface area contributed by atoms with E-state index in [1.54, 1.807) is 36.4 Å². The van der Waals surface area contributed by atoms with E-state index in [9.17, 15) is 17.6 Å². The summed E-state index contributed by atoms with van der Waals surface area (Å²) in [4.78, 5) is 12.7. The number of hydrogen-bond donors (Lipinski definition) is 1. The summed E-state index contributed by atoms with van der Waals surface area (Å²) in [5.41, 5.74) is 1.11. The minimum Gasteiger partial charge on any atom is -0.494 e. The molecule has 3 aromatic carbocycles. The molecule has 0 fully saturated rings. The van der Waals surface area contributed by atoms with E-state index in [-0.39, 0.29) is 10.6 Å². The van der Waals surface area contributed by atoms with Crippen molar-refractivity contribution in [1.82, 2.24) is 0 Å². The Balaban J connectivity index is 1.92. The van der Waals surface area contributed by atoms with Crippen molar-refractivity contribution in [3.8, 4) is 5.75 Å². The molecule has 0 saturated carbocycles. The maximum absolute atomic E-state index is 14.5. The van der Waals surface area contributed by atoms with Crippen molar-refractivity contribution in [3.05, 3.63) is 84.2 Å². The number of rotatable bonds is 8. The molecule has 0 unspecified atom stereocenters. The molecular weight excluding hydrogens is 419 g/mol. The second kappa shape index (κ2) is 9.61. The molecule has 1 N–H and O–H groups in total. The van der Waals surface area contributed by atoms with Gasteiger partial charge in [-0.3, -0.25) is 9.10 Å². The van der Waals surface area contributed by atoms with Gasteiger partial charge in [-0.1, -0.05) is 35.9 Å². The van der Waals surface area contributed by atoms with Crippen molar-refractivity contribution in [2.45, 2.75) is 18.7 Å². The molecule has 1 amide bonds. The molecule has 8 heteroatoms. The molecule has 3 aromatic rings. The smallest absolute Gasteiger partial charge is 0.264 e. The van der Waals surface area contributed by atoms with Gasteiger partial charge in [0, 0.05) is 11.8 Å². The first kappa shape index (κ1) is 22.3. The predicted molar refractivity (Wildman–Crippen MR) is 118 cm³/mol. The predicted octanol–water partition coefficient (Wildman–Crippen LogP) is 4.37. The molecule has 0 saturated heterocycles. The minimum absolute atomic E-state index is 0.0347. The first-order chi connectivity index (χ1) is 14.8. The molecule has 0 bridgehead atoms. The fourth-order valence-corrected chi connectivity index (χ4v) is 4.38. The van der Waals surface area contributed by atoms with E-state index in [1.807, 2.05) is 13.8 Å². The number of nitrogens with one attached hydrogen (secondary N) is 1. The number of halogens is 1. The van der Waals surface area contributed by atoms with E-state index in [0.717, 1.165) is 15.9 Å². The van der Waals surface area contributed by atoms with Crippen molar-refractivity contribution in [2.75, 3.05) is 22.8 Å². The van der Waals surface area contributed by atoms with Crippen LogP contribution >= 0.6 is 0 Å². The Bertz CT molecular complexity index is 1160. The zero-order chi connectivity index (χ0) is 22.4. The van der Waals surface area contributed by atoms with Gasteiger partial charge in [0.2, 0.25) is 5.91 Å². The Labute approximate surface area is 181 Å². The summed E-state index contributed by atoms with van der Waals surface area (Å²) in [6.45, 7) is 3.53. The molecule has 0 spiro atoms. The van der Waals surface area contributed by atoms with Gasteiger partial charge in [-0.2, -0.15) is 0 Å². The highest BCUT2D eigenvalue weighted by atomic mass is 32.2. The third kappa shape index (κ3) is 5.40.